The van der Waals surface area contributed by atoms with Crippen molar-refractivity contribution in [3.63, 3.8) is 0 Å². The van der Waals surface area contributed by atoms with E-state index in [9.17, 15) is 4.79 Å². The minimum Gasteiger partial charge on any atom is -0.477 e. The Labute approximate surface area is 142 Å². The molecule has 1 heterocycles. The highest BCUT2D eigenvalue weighted by molar-refractivity contribution is 7.80. The summed E-state index contributed by atoms with van der Waals surface area (Å²) in [7, 11) is 5.70. The van der Waals surface area contributed by atoms with Crippen LogP contribution in [0, 0.1) is 0 Å². The van der Waals surface area contributed by atoms with E-state index in [0.717, 1.165) is 25.2 Å². The highest BCUT2D eigenvalue weighted by Gasteiger charge is 2.31. The third kappa shape index (κ3) is 4.56. The van der Waals surface area contributed by atoms with Crippen LogP contribution in [0.15, 0.2) is 24.3 Å². The monoisotopic (exact) mass is 336 g/mol. The summed E-state index contributed by atoms with van der Waals surface area (Å²) in [5.74, 6) is 0.518. The van der Waals surface area contributed by atoms with Gasteiger partial charge in [0.25, 0.3) is 5.91 Å². The van der Waals surface area contributed by atoms with Crippen molar-refractivity contribution < 1.29 is 9.53 Å². The SMILES string of the molecule is CNC(=O)[C@@H]1CN(C(=S)NCCCN(C)C)c2ccccc2O1. The van der Waals surface area contributed by atoms with Crippen LogP contribution in [0.3, 0.4) is 0 Å². The molecule has 1 aliphatic rings. The zero-order chi connectivity index (χ0) is 16.8. The lowest BCUT2D eigenvalue weighted by atomic mass is 10.2. The second kappa shape index (κ2) is 8.12. The summed E-state index contributed by atoms with van der Waals surface area (Å²) >= 11 is 5.52. The molecule has 1 aromatic carbocycles. The molecule has 0 radical (unpaired) electrons. The van der Waals surface area contributed by atoms with Gasteiger partial charge in [-0.3, -0.25) is 4.79 Å². The first kappa shape index (κ1) is 17.5. The Morgan fingerprint density at radius 2 is 2.17 bits per heavy atom. The van der Waals surface area contributed by atoms with Crippen molar-refractivity contribution in [2.24, 2.45) is 0 Å². The maximum atomic E-state index is 11.9. The van der Waals surface area contributed by atoms with Gasteiger partial charge in [0.2, 0.25) is 0 Å². The molecule has 0 saturated carbocycles. The molecule has 0 spiro atoms. The summed E-state index contributed by atoms with van der Waals surface area (Å²) in [6, 6.07) is 7.62. The predicted octanol–water partition coefficient (Wildman–Crippen LogP) is 0.826. The molecule has 2 rings (SSSR count). The second-order valence-corrected chi connectivity index (χ2v) is 6.07. The second-order valence-electron chi connectivity index (χ2n) is 5.69. The molecule has 1 aromatic rings. The number of hydrogen-bond acceptors (Lipinski definition) is 4. The Morgan fingerprint density at radius 3 is 2.87 bits per heavy atom. The van der Waals surface area contributed by atoms with E-state index in [1.165, 1.54) is 0 Å². The summed E-state index contributed by atoms with van der Waals surface area (Å²) in [6.45, 7) is 2.19. The Balaban J connectivity index is 2.06. The zero-order valence-corrected chi connectivity index (χ0v) is 14.7. The molecule has 126 valence electrons. The molecule has 0 unspecified atom stereocenters. The van der Waals surface area contributed by atoms with Gasteiger partial charge in [0.15, 0.2) is 11.2 Å². The van der Waals surface area contributed by atoms with Crippen LogP contribution in [0.2, 0.25) is 0 Å². The third-order valence-corrected chi connectivity index (χ3v) is 3.98. The molecule has 1 atom stereocenters. The van der Waals surface area contributed by atoms with E-state index < -0.39 is 6.10 Å². The van der Waals surface area contributed by atoms with Gasteiger partial charge >= 0.3 is 0 Å². The molecular weight excluding hydrogens is 312 g/mol. The van der Waals surface area contributed by atoms with Crippen molar-refractivity contribution in [3.05, 3.63) is 24.3 Å². The smallest absolute Gasteiger partial charge is 0.262 e. The number of likely N-dealkylation sites (N-methyl/N-ethyl adjacent to an activating group) is 1. The molecule has 7 heteroatoms. The van der Waals surface area contributed by atoms with E-state index in [1.807, 2.05) is 43.3 Å². The van der Waals surface area contributed by atoms with E-state index in [-0.39, 0.29) is 5.91 Å². The number of hydrogen-bond donors (Lipinski definition) is 2. The Hall–Kier alpha value is -1.86. The molecule has 0 saturated heterocycles. The highest BCUT2D eigenvalue weighted by atomic mass is 32.1. The van der Waals surface area contributed by atoms with Crippen molar-refractivity contribution in [1.82, 2.24) is 15.5 Å². The summed E-state index contributed by atoms with van der Waals surface area (Å²) in [5, 5.41) is 6.52. The number of fused-ring (bicyclic) bond motifs is 1. The van der Waals surface area contributed by atoms with Crippen molar-refractivity contribution >= 4 is 28.9 Å². The quantitative estimate of drug-likeness (QED) is 0.613. The van der Waals surface area contributed by atoms with E-state index >= 15 is 0 Å². The van der Waals surface area contributed by atoms with Crippen molar-refractivity contribution in [2.75, 3.05) is 45.7 Å². The number of nitrogens with zero attached hydrogens (tertiary/aromatic N) is 2. The van der Waals surface area contributed by atoms with Gasteiger partial charge in [-0.25, -0.2) is 0 Å². The van der Waals surface area contributed by atoms with E-state index in [0.29, 0.717) is 17.4 Å². The lowest BCUT2D eigenvalue weighted by Crippen LogP contribution is -2.52. The number of para-hydroxylation sites is 2. The summed E-state index contributed by atoms with van der Waals surface area (Å²) in [6.07, 6.45) is 0.425. The highest BCUT2D eigenvalue weighted by Crippen LogP contribution is 2.33. The fourth-order valence-corrected chi connectivity index (χ4v) is 2.69. The fraction of sp³-hybridized carbons (Fsp3) is 0.500. The molecular formula is C16H24N4O2S. The van der Waals surface area contributed by atoms with Crippen LogP contribution in [0.1, 0.15) is 6.42 Å². The molecule has 0 fully saturated rings. The molecule has 0 bridgehead atoms. The molecule has 0 aliphatic carbocycles. The molecule has 23 heavy (non-hydrogen) atoms. The van der Waals surface area contributed by atoms with Gasteiger partial charge in [0, 0.05) is 13.6 Å². The fourth-order valence-electron chi connectivity index (χ4n) is 2.41. The van der Waals surface area contributed by atoms with Gasteiger partial charge < -0.3 is 25.2 Å². The maximum absolute atomic E-state index is 11.9. The number of anilines is 1. The summed E-state index contributed by atoms with van der Waals surface area (Å²) in [5.41, 5.74) is 0.887. The van der Waals surface area contributed by atoms with Crippen LogP contribution in [-0.2, 0) is 4.79 Å². The molecule has 1 amide bonds. The van der Waals surface area contributed by atoms with Crippen molar-refractivity contribution in [2.45, 2.75) is 12.5 Å². The summed E-state index contributed by atoms with van der Waals surface area (Å²) in [4.78, 5) is 16.0. The number of ether oxygens (including phenoxy) is 1. The zero-order valence-electron chi connectivity index (χ0n) is 13.8. The summed E-state index contributed by atoms with van der Waals surface area (Å²) < 4.78 is 5.77. The lowest BCUT2D eigenvalue weighted by Gasteiger charge is -2.35. The first-order chi connectivity index (χ1) is 11.0. The minimum absolute atomic E-state index is 0.153. The Morgan fingerprint density at radius 1 is 1.43 bits per heavy atom. The van der Waals surface area contributed by atoms with Crippen LogP contribution in [0.4, 0.5) is 5.69 Å². The topological polar surface area (TPSA) is 56.8 Å². The first-order valence-electron chi connectivity index (χ1n) is 7.70. The molecule has 6 nitrogen and oxygen atoms in total. The number of amides is 1. The largest absolute Gasteiger partial charge is 0.477 e. The average molecular weight is 336 g/mol. The van der Waals surface area contributed by atoms with Gasteiger partial charge in [0.1, 0.15) is 5.75 Å². The Bertz CT molecular complexity index is 565. The van der Waals surface area contributed by atoms with Crippen LogP contribution in [0.5, 0.6) is 5.75 Å². The number of rotatable bonds is 5. The van der Waals surface area contributed by atoms with Gasteiger partial charge in [0.05, 0.1) is 12.2 Å². The Kier molecular flexibility index (Phi) is 6.18. The van der Waals surface area contributed by atoms with Crippen LogP contribution in [0.25, 0.3) is 0 Å². The standard InChI is InChI=1S/C16H24N4O2S/c1-17-15(21)14-11-20(12-7-4-5-8-13(12)22-14)16(23)18-9-6-10-19(2)3/h4-5,7-8,14H,6,9-11H2,1-3H3,(H,17,21)(H,18,23)/t14-/m0/s1. The third-order valence-electron chi connectivity index (χ3n) is 3.62. The predicted molar refractivity (Wildman–Crippen MR) is 96.0 cm³/mol. The van der Waals surface area contributed by atoms with Crippen LogP contribution in [-0.4, -0.2) is 62.8 Å². The maximum Gasteiger partial charge on any atom is 0.262 e. The molecule has 1 aliphatic heterocycles. The molecule has 0 aromatic heterocycles. The minimum atomic E-state index is -0.573. The number of benzene rings is 1. The number of carbonyl (C=O) groups excluding carboxylic acids is 1. The average Bonchev–Trinajstić information content (AvgIpc) is 2.56. The number of thiocarbonyl (C=S) groups is 1. The number of carbonyl (C=O) groups is 1. The molecule has 2 N–H and O–H groups in total. The normalized spacial score (nSPS) is 16.5. The van der Waals surface area contributed by atoms with Gasteiger partial charge in [-0.05, 0) is 51.4 Å². The van der Waals surface area contributed by atoms with Gasteiger partial charge in [-0.15, -0.1) is 0 Å². The van der Waals surface area contributed by atoms with Crippen molar-refractivity contribution in [3.8, 4) is 5.75 Å². The van der Waals surface area contributed by atoms with E-state index in [4.69, 9.17) is 17.0 Å². The van der Waals surface area contributed by atoms with E-state index in [2.05, 4.69) is 15.5 Å². The van der Waals surface area contributed by atoms with Gasteiger partial charge in [-0.1, -0.05) is 12.1 Å². The van der Waals surface area contributed by atoms with E-state index in [1.54, 1.807) is 7.05 Å². The lowest BCUT2D eigenvalue weighted by molar-refractivity contribution is -0.127. The number of nitrogens with one attached hydrogen (secondary N) is 2. The van der Waals surface area contributed by atoms with Gasteiger partial charge in [-0.2, -0.15) is 0 Å². The first-order valence-corrected chi connectivity index (χ1v) is 8.11. The van der Waals surface area contributed by atoms with Crippen LogP contribution >= 0.6 is 12.2 Å². The van der Waals surface area contributed by atoms with Crippen molar-refractivity contribution in [1.29, 1.82) is 0 Å². The van der Waals surface area contributed by atoms with Crippen LogP contribution < -0.4 is 20.3 Å².